The molecule has 2 aliphatic rings. The Kier molecular flexibility index (Phi) is 5.72. The van der Waals surface area contributed by atoms with Crippen LogP contribution in [0.25, 0.3) is 11.0 Å². The summed E-state index contributed by atoms with van der Waals surface area (Å²) in [6.07, 6.45) is 2.62. The van der Waals surface area contributed by atoms with Crippen LogP contribution >= 0.6 is 0 Å². The molecule has 1 unspecified atom stereocenters. The van der Waals surface area contributed by atoms with Gasteiger partial charge in [0.05, 0.1) is 24.1 Å². The summed E-state index contributed by atoms with van der Waals surface area (Å²) < 4.78 is 8.34. The summed E-state index contributed by atoms with van der Waals surface area (Å²) in [5.74, 6) is -0.676. The predicted octanol–water partition coefficient (Wildman–Crippen LogP) is 0.403. The normalized spacial score (nSPS) is 20.4. The fourth-order valence-corrected chi connectivity index (χ4v) is 4.23. The molecule has 9 heteroatoms. The summed E-state index contributed by atoms with van der Waals surface area (Å²) >= 11 is 0. The zero-order valence-electron chi connectivity index (χ0n) is 17.0. The van der Waals surface area contributed by atoms with Gasteiger partial charge in [0.15, 0.2) is 0 Å². The molecule has 0 bridgehead atoms. The van der Waals surface area contributed by atoms with E-state index in [0.29, 0.717) is 23.6 Å². The van der Waals surface area contributed by atoms with E-state index in [4.69, 9.17) is 4.74 Å². The van der Waals surface area contributed by atoms with Gasteiger partial charge in [-0.1, -0.05) is 6.07 Å². The molecular formula is C21H26N4O5. The number of aromatic nitrogens is 2. The zero-order valence-corrected chi connectivity index (χ0v) is 17.0. The minimum atomic E-state index is -0.723. The van der Waals surface area contributed by atoms with Crippen LogP contribution in [0.15, 0.2) is 23.0 Å². The monoisotopic (exact) mass is 414 g/mol. The van der Waals surface area contributed by atoms with Crippen molar-refractivity contribution in [2.45, 2.75) is 38.1 Å². The quantitative estimate of drug-likeness (QED) is 0.541. The van der Waals surface area contributed by atoms with Crippen molar-refractivity contribution < 1.29 is 19.1 Å². The van der Waals surface area contributed by atoms with Crippen LogP contribution in [0.3, 0.4) is 0 Å². The van der Waals surface area contributed by atoms with Crippen molar-refractivity contribution in [3.05, 3.63) is 34.2 Å². The van der Waals surface area contributed by atoms with Crippen molar-refractivity contribution in [2.24, 2.45) is 13.0 Å². The van der Waals surface area contributed by atoms with Gasteiger partial charge in [0, 0.05) is 13.5 Å². The minimum Gasteiger partial charge on any atom is -0.465 e. The fraction of sp³-hybridized carbons (Fsp3) is 0.524. The van der Waals surface area contributed by atoms with E-state index >= 15 is 0 Å². The van der Waals surface area contributed by atoms with Crippen molar-refractivity contribution in [3.8, 4) is 0 Å². The number of hydrogen-bond acceptors (Lipinski definition) is 6. The SMILES string of the molecule is Cn1c(=O)n(C2CCC(=O)NC2=O)c2ccc(CC(=O)OCC3CCNCC3)cc21. The molecule has 0 aliphatic carbocycles. The Labute approximate surface area is 173 Å². The Hall–Kier alpha value is -2.94. The average Bonchev–Trinajstić information content (AvgIpc) is 2.98. The molecule has 2 aliphatic heterocycles. The average molecular weight is 414 g/mol. The Balaban J connectivity index is 1.51. The van der Waals surface area contributed by atoms with Crippen molar-refractivity contribution in [3.63, 3.8) is 0 Å². The largest absolute Gasteiger partial charge is 0.465 e. The molecule has 2 saturated heterocycles. The summed E-state index contributed by atoms with van der Waals surface area (Å²) in [5, 5.41) is 5.58. The van der Waals surface area contributed by atoms with E-state index < -0.39 is 11.9 Å². The highest BCUT2D eigenvalue weighted by molar-refractivity contribution is 6.00. The number of benzene rings is 1. The van der Waals surface area contributed by atoms with Crippen molar-refractivity contribution in [1.29, 1.82) is 0 Å². The molecule has 3 heterocycles. The number of nitrogens with one attached hydrogen (secondary N) is 2. The van der Waals surface area contributed by atoms with Gasteiger partial charge in [-0.3, -0.25) is 28.8 Å². The van der Waals surface area contributed by atoms with Gasteiger partial charge in [0.2, 0.25) is 11.8 Å². The van der Waals surface area contributed by atoms with Crippen LogP contribution in [0.4, 0.5) is 0 Å². The van der Waals surface area contributed by atoms with Gasteiger partial charge in [-0.05, 0) is 56.0 Å². The molecule has 2 aromatic rings. The molecule has 0 spiro atoms. The number of amides is 2. The first-order chi connectivity index (χ1) is 14.4. The van der Waals surface area contributed by atoms with E-state index in [1.807, 2.05) is 0 Å². The van der Waals surface area contributed by atoms with E-state index in [2.05, 4.69) is 10.6 Å². The van der Waals surface area contributed by atoms with E-state index in [1.165, 1.54) is 9.13 Å². The van der Waals surface area contributed by atoms with E-state index in [9.17, 15) is 19.2 Å². The van der Waals surface area contributed by atoms with Gasteiger partial charge in [-0.15, -0.1) is 0 Å². The van der Waals surface area contributed by atoms with Crippen LogP contribution in [0, 0.1) is 5.92 Å². The third kappa shape index (κ3) is 4.02. The second-order valence-electron chi connectivity index (χ2n) is 8.05. The Bertz CT molecular complexity index is 1050. The Morgan fingerprint density at radius 3 is 2.63 bits per heavy atom. The summed E-state index contributed by atoms with van der Waals surface area (Å²) in [4.78, 5) is 48.8. The number of rotatable bonds is 5. The number of esters is 1. The number of imide groups is 1. The summed E-state index contributed by atoms with van der Waals surface area (Å²) in [6.45, 7) is 2.35. The van der Waals surface area contributed by atoms with E-state index in [1.54, 1.807) is 25.2 Å². The molecule has 0 saturated carbocycles. The number of hydrogen-bond donors (Lipinski definition) is 2. The third-order valence-corrected chi connectivity index (χ3v) is 5.96. The van der Waals surface area contributed by atoms with Gasteiger partial charge in [-0.2, -0.15) is 0 Å². The number of fused-ring (bicyclic) bond motifs is 1. The van der Waals surface area contributed by atoms with Crippen molar-refractivity contribution in [2.75, 3.05) is 19.7 Å². The number of piperidine rings is 2. The molecule has 0 radical (unpaired) electrons. The van der Waals surface area contributed by atoms with Gasteiger partial charge in [0.1, 0.15) is 6.04 Å². The zero-order chi connectivity index (χ0) is 21.3. The van der Waals surface area contributed by atoms with Crippen LogP contribution in [-0.4, -0.2) is 46.6 Å². The maximum atomic E-state index is 12.8. The number of carbonyl (C=O) groups excluding carboxylic acids is 3. The van der Waals surface area contributed by atoms with Gasteiger partial charge >= 0.3 is 11.7 Å². The number of carbonyl (C=O) groups is 3. The number of aryl methyl sites for hydroxylation is 1. The number of ether oxygens (including phenoxy) is 1. The van der Waals surface area contributed by atoms with Crippen LogP contribution < -0.4 is 16.3 Å². The molecule has 2 N–H and O–H groups in total. The molecule has 1 aromatic heterocycles. The first-order valence-electron chi connectivity index (χ1n) is 10.3. The maximum Gasteiger partial charge on any atom is 0.329 e. The molecule has 1 atom stereocenters. The Morgan fingerprint density at radius 2 is 1.90 bits per heavy atom. The molecule has 2 fully saturated rings. The van der Waals surface area contributed by atoms with Crippen LogP contribution in [0.2, 0.25) is 0 Å². The second kappa shape index (κ2) is 8.43. The van der Waals surface area contributed by atoms with Gasteiger partial charge in [0.25, 0.3) is 0 Å². The topological polar surface area (TPSA) is 111 Å². The van der Waals surface area contributed by atoms with Gasteiger partial charge < -0.3 is 10.1 Å². The lowest BCUT2D eigenvalue weighted by Gasteiger charge is -2.22. The minimum absolute atomic E-state index is 0.124. The Morgan fingerprint density at radius 1 is 1.13 bits per heavy atom. The molecule has 1 aromatic carbocycles. The molecule has 160 valence electrons. The predicted molar refractivity (Wildman–Crippen MR) is 109 cm³/mol. The number of imidazole rings is 1. The number of nitrogens with zero attached hydrogens (tertiary/aromatic N) is 2. The highest BCUT2D eigenvalue weighted by Crippen LogP contribution is 2.24. The molecular weight excluding hydrogens is 388 g/mol. The molecule has 9 nitrogen and oxygen atoms in total. The molecule has 2 amide bonds. The lowest BCUT2D eigenvalue weighted by molar-refractivity contribution is -0.144. The van der Waals surface area contributed by atoms with Crippen molar-refractivity contribution >= 4 is 28.8 Å². The van der Waals surface area contributed by atoms with Crippen LogP contribution in [0.1, 0.15) is 37.3 Å². The van der Waals surface area contributed by atoms with Crippen LogP contribution in [-0.2, 0) is 32.6 Å². The lowest BCUT2D eigenvalue weighted by atomic mass is 9.99. The second-order valence-corrected chi connectivity index (χ2v) is 8.05. The highest BCUT2D eigenvalue weighted by atomic mass is 16.5. The first-order valence-corrected chi connectivity index (χ1v) is 10.3. The highest BCUT2D eigenvalue weighted by Gasteiger charge is 2.31. The van der Waals surface area contributed by atoms with Crippen molar-refractivity contribution in [1.82, 2.24) is 19.8 Å². The van der Waals surface area contributed by atoms with E-state index in [0.717, 1.165) is 31.5 Å². The maximum absolute atomic E-state index is 12.8. The summed E-state index contributed by atoms with van der Waals surface area (Å²) in [5.41, 5.74) is 1.65. The van der Waals surface area contributed by atoms with E-state index in [-0.39, 0.29) is 36.8 Å². The first kappa shape index (κ1) is 20.3. The fourth-order valence-electron chi connectivity index (χ4n) is 4.23. The standard InChI is InChI=1S/C21H26N4O5/c1-24-17-10-14(11-19(27)30-12-13-6-8-22-9-7-13)2-3-15(17)25(21(24)29)16-4-5-18(26)23-20(16)28/h2-3,10,13,16,22H,4-9,11-12H2,1H3,(H,23,26,28). The summed E-state index contributed by atoms with van der Waals surface area (Å²) in [6, 6.07) is 4.58. The molecule has 4 rings (SSSR count). The summed E-state index contributed by atoms with van der Waals surface area (Å²) in [7, 11) is 1.63. The third-order valence-electron chi connectivity index (χ3n) is 5.96. The van der Waals surface area contributed by atoms with Gasteiger partial charge in [-0.25, -0.2) is 4.79 Å². The lowest BCUT2D eigenvalue weighted by Crippen LogP contribution is -2.44. The smallest absolute Gasteiger partial charge is 0.329 e. The van der Waals surface area contributed by atoms with Crippen LogP contribution in [0.5, 0.6) is 0 Å². The molecule has 30 heavy (non-hydrogen) atoms.